The topological polar surface area (TPSA) is 47.0 Å². The van der Waals surface area contributed by atoms with E-state index in [1.165, 1.54) is 0 Å². The summed E-state index contributed by atoms with van der Waals surface area (Å²) in [5.74, 6) is 0.399. The van der Waals surface area contributed by atoms with Crippen molar-refractivity contribution in [2.24, 2.45) is 0 Å². The molecule has 1 fully saturated rings. The fraction of sp³-hybridized carbons (Fsp3) is 0.381. The predicted octanol–water partition coefficient (Wildman–Crippen LogP) is 3.39. The van der Waals surface area contributed by atoms with Gasteiger partial charge < -0.3 is 14.9 Å². The molecule has 0 saturated carbocycles. The number of nitrogens with zero attached hydrogens (tertiary/aromatic N) is 3. The Morgan fingerprint density at radius 2 is 1.67 bits per heavy atom. The minimum Gasteiger partial charge on any atom is -0.508 e. The SMILES string of the molecule is CC(c1ccc(Cl)cc1)N(C)C(=O)CN1CCN(c2ccc(O)cc2)CC1. The maximum Gasteiger partial charge on any atom is 0.236 e. The van der Waals surface area contributed by atoms with Crippen molar-refractivity contribution in [1.82, 2.24) is 9.80 Å². The maximum atomic E-state index is 12.7. The van der Waals surface area contributed by atoms with Gasteiger partial charge in [-0.25, -0.2) is 0 Å². The van der Waals surface area contributed by atoms with Crippen LogP contribution in [0.15, 0.2) is 48.5 Å². The summed E-state index contributed by atoms with van der Waals surface area (Å²) >= 11 is 5.95. The minimum absolute atomic E-state index is 0.00746. The number of phenols is 1. The second-order valence-corrected chi connectivity index (χ2v) is 7.45. The van der Waals surface area contributed by atoms with Crippen LogP contribution in [0.3, 0.4) is 0 Å². The molecule has 0 aliphatic carbocycles. The molecule has 5 nitrogen and oxygen atoms in total. The van der Waals surface area contributed by atoms with Crippen molar-refractivity contribution in [3.63, 3.8) is 0 Å². The normalized spacial score (nSPS) is 16.2. The zero-order chi connectivity index (χ0) is 19.4. The molecule has 0 bridgehead atoms. The second kappa shape index (κ2) is 8.63. The molecular formula is C21H26ClN3O2. The van der Waals surface area contributed by atoms with Crippen LogP contribution in [-0.4, -0.2) is 60.6 Å². The van der Waals surface area contributed by atoms with Gasteiger partial charge in [0, 0.05) is 43.9 Å². The smallest absolute Gasteiger partial charge is 0.236 e. The molecule has 27 heavy (non-hydrogen) atoms. The molecule has 1 aliphatic heterocycles. The number of phenolic OH excluding ortho intramolecular Hbond substituents is 1. The second-order valence-electron chi connectivity index (χ2n) is 7.01. The van der Waals surface area contributed by atoms with Crippen molar-refractivity contribution in [3.05, 3.63) is 59.1 Å². The van der Waals surface area contributed by atoms with Crippen LogP contribution in [0.25, 0.3) is 0 Å². The van der Waals surface area contributed by atoms with Gasteiger partial charge in [0.15, 0.2) is 0 Å². The number of carbonyl (C=O) groups is 1. The van der Waals surface area contributed by atoms with Crippen LogP contribution in [0, 0.1) is 0 Å². The van der Waals surface area contributed by atoms with Gasteiger partial charge in [0.05, 0.1) is 12.6 Å². The van der Waals surface area contributed by atoms with E-state index in [0.717, 1.165) is 37.4 Å². The molecule has 1 amide bonds. The van der Waals surface area contributed by atoms with E-state index in [2.05, 4.69) is 9.80 Å². The fourth-order valence-electron chi connectivity index (χ4n) is 3.31. The predicted molar refractivity (Wildman–Crippen MR) is 109 cm³/mol. The van der Waals surface area contributed by atoms with E-state index >= 15 is 0 Å². The first-order valence-electron chi connectivity index (χ1n) is 9.21. The Morgan fingerprint density at radius 1 is 1.07 bits per heavy atom. The van der Waals surface area contributed by atoms with Crippen LogP contribution in [0.2, 0.25) is 5.02 Å². The fourth-order valence-corrected chi connectivity index (χ4v) is 3.44. The number of benzene rings is 2. The van der Waals surface area contributed by atoms with Gasteiger partial charge in [-0.05, 0) is 48.9 Å². The molecule has 6 heteroatoms. The summed E-state index contributed by atoms with van der Waals surface area (Å²) in [5.41, 5.74) is 2.18. The van der Waals surface area contributed by atoms with Crippen LogP contribution in [0.5, 0.6) is 5.75 Å². The molecule has 0 spiro atoms. The van der Waals surface area contributed by atoms with Crippen molar-refractivity contribution >= 4 is 23.2 Å². The molecule has 1 atom stereocenters. The number of hydrogen-bond donors (Lipinski definition) is 1. The number of amides is 1. The molecule has 1 N–H and O–H groups in total. The van der Waals surface area contributed by atoms with Gasteiger partial charge in [-0.3, -0.25) is 9.69 Å². The number of piperazine rings is 1. The Hall–Kier alpha value is -2.24. The molecule has 1 heterocycles. The lowest BCUT2D eigenvalue weighted by Gasteiger charge is -2.37. The van der Waals surface area contributed by atoms with Gasteiger partial charge in [-0.15, -0.1) is 0 Å². The average Bonchev–Trinajstić information content (AvgIpc) is 2.68. The van der Waals surface area contributed by atoms with E-state index in [9.17, 15) is 9.90 Å². The summed E-state index contributed by atoms with van der Waals surface area (Å²) in [5, 5.41) is 10.1. The third kappa shape index (κ3) is 4.93. The summed E-state index contributed by atoms with van der Waals surface area (Å²) < 4.78 is 0. The first kappa shape index (κ1) is 19.5. The Bertz CT molecular complexity index is 756. The van der Waals surface area contributed by atoms with E-state index in [4.69, 9.17) is 11.6 Å². The highest BCUT2D eigenvalue weighted by atomic mass is 35.5. The summed E-state index contributed by atoms with van der Waals surface area (Å²) in [7, 11) is 1.86. The quantitative estimate of drug-likeness (QED) is 0.854. The van der Waals surface area contributed by atoms with Crippen LogP contribution >= 0.6 is 11.6 Å². The molecule has 1 saturated heterocycles. The third-order valence-corrected chi connectivity index (χ3v) is 5.52. The molecule has 0 aromatic heterocycles. The minimum atomic E-state index is 0.00746. The van der Waals surface area contributed by atoms with E-state index in [-0.39, 0.29) is 17.7 Å². The number of hydrogen-bond acceptors (Lipinski definition) is 4. The molecule has 3 rings (SSSR count). The van der Waals surface area contributed by atoms with Gasteiger partial charge in [0.2, 0.25) is 5.91 Å². The largest absolute Gasteiger partial charge is 0.508 e. The molecule has 1 aliphatic rings. The van der Waals surface area contributed by atoms with Crippen molar-refractivity contribution < 1.29 is 9.90 Å². The van der Waals surface area contributed by atoms with Crippen LogP contribution in [0.1, 0.15) is 18.5 Å². The number of anilines is 1. The van der Waals surface area contributed by atoms with Crippen LogP contribution in [0.4, 0.5) is 5.69 Å². The van der Waals surface area contributed by atoms with Gasteiger partial charge in [0.25, 0.3) is 0 Å². The first-order chi connectivity index (χ1) is 12.9. The molecule has 1 unspecified atom stereocenters. The lowest BCUT2D eigenvalue weighted by atomic mass is 10.1. The monoisotopic (exact) mass is 387 g/mol. The zero-order valence-corrected chi connectivity index (χ0v) is 16.6. The lowest BCUT2D eigenvalue weighted by molar-refractivity contribution is -0.133. The van der Waals surface area contributed by atoms with Crippen molar-refractivity contribution in [3.8, 4) is 5.75 Å². The first-order valence-corrected chi connectivity index (χ1v) is 9.59. The van der Waals surface area contributed by atoms with Gasteiger partial charge in [0.1, 0.15) is 5.75 Å². The standard InChI is InChI=1S/C21H26ClN3O2/c1-16(17-3-5-18(22)6-4-17)23(2)21(27)15-24-11-13-25(14-12-24)19-7-9-20(26)10-8-19/h3-10,16,26H,11-15H2,1-2H3. The Kier molecular flexibility index (Phi) is 6.24. The Balaban J connectivity index is 1.51. The van der Waals surface area contributed by atoms with Crippen LogP contribution in [-0.2, 0) is 4.79 Å². The van der Waals surface area contributed by atoms with Crippen molar-refractivity contribution in [2.45, 2.75) is 13.0 Å². The maximum absolute atomic E-state index is 12.7. The third-order valence-electron chi connectivity index (χ3n) is 5.27. The highest BCUT2D eigenvalue weighted by Crippen LogP contribution is 2.22. The van der Waals surface area contributed by atoms with E-state index < -0.39 is 0 Å². The number of carbonyl (C=O) groups excluding carboxylic acids is 1. The zero-order valence-electron chi connectivity index (χ0n) is 15.8. The Labute approximate surface area is 165 Å². The molecule has 0 radical (unpaired) electrons. The number of aromatic hydroxyl groups is 1. The molecule has 2 aromatic rings. The van der Waals surface area contributed by atoms with Gasteiger partial charge in [-0.2, -0.15) is 0 Å². The highest BCUT2D eigenvalue weighted by Gasteiger charge is 2.23. The van der Waals surface area contributed by atoms with Gasteiger partial charge in [-0.1, -0.05) is 23.7 Å². The van der Waals surface area contributed by atoms with E-state index in [1.54, 1.807) is 17.0 Å². The summed E-state index contributed by atoms with van der Waals surface area (Å²) in [4.78, 5) is 19.0. The van der Waals surface area contributed by atoms with Gasteiger partial charge >= 0.3 is 0 Å². The number of rotatable bonds is 5. The molecular weight excluding hydrogens is 362 g/mol. The average molecular weight is 388 g/mol. The van der Waals surface area contributed by atoms with Crippen molar-refractivity contribution in [2.75, 3.05) is 44.7 Å². The summed E-state index contributed by atoms with van der Waals surface area (Å²) in [6, 6.07) is 14.9. The summed E-state index contributed by atoms with van der Waals surface area (Å²) in [6.45, 7) is 5.89. The van der Waals surface area contributed by atoms with E-state index in [0.29, 0.717) is 11.6 Å². The number of likely N-dealkylation sites (N-methyl/N-ethyl adjacent to an activating group) is 1. The Morgan fingerprint density at radius 3 is 2.26 bits per heavy atom. The lowest BCUT2D eigenvalue weighted by Crippen LogP contribution is -2.50. The number of halogens is 1. The van der Waals surface area contributed by atoms with Crippen LogP contribution < -0.4 is 4.90 Å². The van der Waals surface area contributed by atoms with Crippen molar-refractivity contribution in [1.29, 1.82) is 0 Å². The van der Waals surface area contributed by atoms with E-state index in [1.807, 2.05) is 50.4 Å². The molecule has 2 aromatic carbocycles. The summed E-state index contributed by atoms with van der Waals surface area (Å²) in [6.07, 6.45) is 0. The highest BCUT2D eigenvalue weighted by molar-refractivity contribution is 6.30. The molecule has 144 valence electrons.